The molecule has 0 spiro atoms. The Morgan fingerprint density at radius 1 is 1.28 bits per heavy atom. The molecule has 7 nitrogen and oxygen atoms in total. The monoisotopic (exact) mass is 392 g/mol. The minimum atomic E-state index is -0.0529. The van der Waals surface area contributed by atoms with Gasteiger partial charge in [0, 0.05) is 50.9 Å². The Labute approximate surface area is 170 Å². The molecule has 0 bridgehead atoms. The van der Waals surface area contributed by atoms with Crippen LogP contribution in [0.2, 0.25) is 0 Å². The third-order valence-electron chi connectivity index (χ3n) is 6.14. The van der Waals surface area contributed by atoms with Gasteiger partial charge in [0.1, 0.15) is 5.82 Å². The highest BCUT2D eigenvalue weighted by atomic mass is 16.1. The summed E-state index contributed by atoms with van der Waals surface area (Å²) in [6.07, 6.45) is 3.49. The van der Waals surface area contributed by atoms with E-state index in [9.17, 15) is 4.79 Å². The van der Waals surface area contributed by atoms with Gasteiger partial charge in [-0.2, -0.15) is 5.10 Å². The van der Waals surface area contributed by atoms with E-state index in [1.807, 2.05) is 19.1 Å². The highest BCUT2D eigenvalue weighted by molar-refractivity contribution is 5.94. The second kappa shape index (κ2) is 7.30. The van der Waals surface area contributed by atoms with Crippen molar-refractivity contribution in [3.05, 3.63) is 47.0 Å². The van der Waals surface area contributed by atoms with Gasteiger partial charge in [0.05, 0.1) is 17.6 Å². The molecule has 1 saturated carbocycles. The maximum Gasteiger partial charge on any atom is 0.272 e. The molecule has 1 N–H and O–H groups in total. The highest BCUT2D eigenvalue weighted by Crippen LogP contribution is 2.33. The first-order chi connectivity index (χ1) is 14.1. The van der Waals surface area contributed by atoms with Gasteiger partial charge in [0.15, 0.2) is 5.69 Å². The Bertz CT molecular complexity index is 1060. The maximum atomic E-state index is 12.6. The van der Waals surface area contributed by atoms with Crippen LogP contribution in [0.1, 0.15) is 47.3 Å². The summed E-state index contributed by atoms with van der Waals surface area (Å²) in [7, 11) is 2.08. The number of aryl methyl sites for hydroxylation is 1. The Morgan fingerprint density at radius 2 is 2.10 bits per heavy atom. The van der Waals surface area contributed by atoms with Crippen LogP contribution in [0.4, 0.5) is 0 Å². The molecular formula is C22H28N6O. The number of hydrogen-bond acceptors (Lipinski definition) is 4. The smallest absolute Gasteiger partial charge is 0.272 e. The molecule has 1 aromatic carbocycles. The summed E-state index contributed by atoms with van der Waals surface area (Å²) in [6, 6.07) is 8.24. The molecule has 0 radical (unpaired) electrons. The lowest BCUT2D eigenvalue weighted by Crippen LogP contribution is -2.33. The van der Waals surface area contributed by atoms with Gasteiger partial charge in [-0.3, -0.25) is 14.4 Å². The number of carbonyl (C=O) groups excluding carboxylic acids is 1. The second-order valence-corrected chi connectivity index (χ2v) is 8.30. The number of hydrogen-bond donors (Lipinski definition) is 1. The van der Waals surface area contributed by atoms with Crippen LogP contribution in [0.15, 0.2) is 24.3 Å². The number of benzene rings is 1. The first kappa shape index (κ1) is 18.4. The van der Waals surface area contributed by atoms with E-state index in [2.05, 4.69) is 38.6 Å². The topological polar surface area (TPSA) is 68.0 Å². The Morgan fingerprint density at radius 3 is 2.86 bits per heavy atom. The van der Waals surface area contributed by atoms with Gasteiger partial charge in [-0.15, -0.1) is 0 Å². The minimum Gasteiger partial charge on any atom is -0.351 e. The highest BCUT2D eigenvalue weighted by Gasteiger charge is 2.31. The van der Waals surface area contributed by atoms with Gasteiger partial charge in [-0.25, -0.2) is 4.98 Å². The number of nitrogens with zero attached hydrogens (tertiary/aromatic N) is 5. The zero-order valence-electron chi connectivity index (χ0n) is 17.2. The number of nitrogens with one attached hydrogen (secondary N) is 1. The molecule has 1 aliphatic carbocycles. The van der Waals surface area contributed by atoms with Crippen LogP contribution >= 0.6 is 0 Å². The van der Waals surface area contributed by atoms with Crippen molar-refractivity contribution in [3.63, 3.8) is 0 Å². The predicted octanol–water partition coefficient (Wildman–Crippen LogP) is 2.49. The Balaban J connectivity index is 1.42. The van der Waals surface area contributed by atoms with E-state index in [1.54, 1.807) is 0 Å². The van der Waals surface area contributed by atoms with Gasteiger partial charge in [0.2, 0.25) is 0 Å². The van der Waals surface area contributed by atoms with Crippen molar-refractivity contribution in [1.29, 1.82) is 0 Å². The molecule has 7 heteroatoms. The van der Waals surface area contributed by atoms with Gasteiger partial charge in [0.25, 0.3) is 5.91 Å². The van der Waals surface area contributed by atoms with Crippen molar-refractivity contribution in [2.75, 3.05) is 13.1 Å². The molecule has 2 aliphatic rings. The Hall–Kier alpha value is -2.67. The number of imidazole rings is 1. The zero-order valence-corrected chi connectivity index (χ0v) is 17.2. The van der Waals surface area contributed by atoms with E-state index in [1.165, 1.54) is 18.5 Å². The molecule has 1 aliphatic heterocycles. The first-order valence-electron chi connectivity index (χ1n) is 10.6. The lowest BCUT2D eigenvalue weighted by atomic mass is 10.0. The number of carbonyl (C=O) groups is 1. The number of aromatic nitrogens is 4. The zero-order chi connectivity index (χ0) is 20.0. The van der Waals surface area contributed by atoms with E-state index >= 15 is 0 Å². The van der Waals surface area contributed by atoms with Crippen LogP contribution in [-0.2, 0) is 33.1 Å². The van der Waals surface area contributed by atoms with Crippen LogP contribution < -0.4 is 5.32 Å². The quantitative estimate of drug-likeness (QED) is 0.700. The molecule has 0 atom stereocenters. The van der Waals surface area contributed by atoms with E-state index in [-0.39, 0.29) is 5.91 Å². The Kier molecular flexibility index (Phi) is 4.62. The van der Waals surface area contributed by atoms with Crippen molar-refractivity contribution in [2.24, 2.45) is 13.0 Å². The predicted molar refractivity (Wildman–Crippen MR) is 111 cm³/mol. The van der Waals surface area contributed by atoms with E-state index in [0.717, 1.165) is 60.9 Å². The van der Waals surface area contributed by atoms with Crippen molar-refractivity contribution >= 4 is 16.9 Å². The summed E-state index contributed by atoms with van der Waals surface area (Å²) in [5, 5.41) is 7.68. The van der Waals surface area contributed by atoms with Crippen molar-refractivity contribution in [3.8, 4) is 0 Å². The van der Waals surface area contributed by atoms with Crippen LogP contribution in [0.25, 0.3) is 11.0 Å². The van der Waals surface area contributed by atoms with E-state index in [4.69, 9.17) is 10.1 Å². The summed E-state index contributed by atoms with van der Waals surface area (Å²) in [6.45, 7) is 5.99. The van der Waals surface area contributed by atoms with Gasteiger partial charge in [-0.1, -0.05) is 12.1 Å². The molecule has 1 amide bonds. The van der Waals surface area contributed by atoms with Crippen LogP contribution in [-0.4, -0.2) is 43.2 Å². The van der Waals surface area contributed by atoms with Gasteiger partial charge >= 0.3 is 0 Å². The molecule has 0 saturated heterocycles. The van der Waals surface area contributed by atoms with Gasteiger partial charge in [-0.05, 0) is 37.8 Å². The maximum absolute atomic E-state index is 12.6. The van der Waals surface area contributed by atoms with Gasteiger partial charge < -0.3 is 9.88 Å². The summed E-state index contributed by atoms with van der Waals surface area (Å²) in [4.78, 5) is 19.9. The van der Waals surface area contributed by atoms with Crippen molar-refractivity contribution in [2.45, 2.75) is 45.8 Å². The summed E-state index contributed by atoms with van der Waals surface area (Å²) in [5.41, 5.74) is 5.14. The third kappa shape index (κ3) is 3.44. The SMILES string of the molecule is CCNC(=O)c1nn(CC2CC2)c2c1CN(Cc1nc3ccccc3n1C)CC2. The molecule has 1 fully saturated rings. The fourth-order valence-corrected chi connectivity index (χ4v) is 4.34. The number of amides is 1. The fraction of sp³-hybridized carbons (Fsp3) is 0.500. The third-order valence-corrected chi connectivity index (χ3v) is 6.14. The van der Waals surface area contributed by atoms with Crippen LogP contribution in [0.3, 0.4) is 0 Å². The lowest BCUT2D eigenvalue weighted by molar-refractivity contribution is 0.0947. The first-order valence-corrected chi connectivity index (χ1v) is 10.6. The second-order valence-electron chi connectivity index (χ2n) is 8.30. The molecule has 3 heterocycles. The molecule has 2 aromatic heterocycles. The number of fused-ring (bicyclic) bond motifs is 2. The fourth-order valence-electron chi connectivity index (χ4n) is 4.34. The minimum absolute atomic E-state index is 0.0529. The number of rotatable bonds is 6. The largest absolute Gasteiger partial charge is 0.351 e. The molecule has 3 aromatic rings. The average molecular weight is 393 g/mol. The van der Waals surface area contributed by atoms with Crippen LogP contribution in [0, 0.1) is 5.92 Å². The standard InChI is InChI=1S/C22H28N6O/c1-3-23-22(29)21-16-13-27(11-10-18(16)28(25-21)12-15-8-9-15)14-20-24-17-6-4-5-7-19(17)26(20)2/h4-7,15H,3,8-14H2,1-2H3,(H,23,29). The summed E-state index contributed by atoms with van der Waals surface area (Å²) < 4.78 is 4.29. The molecule has 152 valence electrons. The molecular weight excluding hydrogens is 364 g/mol. The molecule has 0 unspecified atom stereocenters. The summed E-state index contributed by atoms with van der Waals surface area (Å²) >= 11 is 0. The van der Waals surface area contributed by atoms with Crippen molar-refractivity contribution in [1.82, 2.24) is 29.5 Å². The summed E-state index contributed by atoms with van der Waals surface area (Å²) in [5.74, 6) is 1.74. The van der Waals surface area contributed by atoms with Crippen molar-refractivity contribution < 1.29 is 4.79 Å². The molecule has 29 heavy (non-hydrogen) atoms. The normalized spacial score (nSPS) is 16.9. The van der Waals surface area contributed by atoms with Crippen LogP contribution in [0.5, 0.6) is 0 Å². The number of para-hydroxylation sites is 2. The average Bonchev–Trinajstić information content (AvgIpc) is 3.40. The van der Waals surface area contributed by atoms with E-state index < -0.39 is 0 Å². The molecule has 5 rings (SSSR count). The lowest BCUT2D eigenvalue weighted by Gasteiger charge is -2.27. The van der Waals surface area contributed by atoms with E-state index in [0.29, 0.717) is 12.2 Å².